The van der Waals surface area contributed by atoms with E-state index >= 15 is 0 Å². The fraction of sp³-hybridized carbons (Fsp3) is 0. The molecule has 0 spiro atoms. The summed E-state index contributed by atoms with van der Waals surface area (Å²) in [5.41, 5.74) is 1.38. The molecule has 1 N–H and O–H groups in total. The van der Waals surface area contributed by atoms with Crippen LogP contribution in [-0.2, 0) is 0 Å². The van der Waals surface area contributed by atoms with Gasteiger partial charge in [-0.05, 0) is 30.3 Å². The maximum absolute atomic E-state index is 12.2. The molecule has 100 valence electrons. The second-order valence-electron chi connectivity index (χ2n) is 4.11. The first-order valence-electron chi connectivity index (χ1n) is 5.83. The number of hydrogen-bond acceptors (Lipinski definition) is 3. The molecule has 0 atom stereocenters. The number of fused-ring (bicyclic) bond motifs is 1. The molecule has 3 rings (SSSR count). The van der Waals surface area contributed by atoms with Gasteiger partial charge in [0.1, 0.15) is 0 Å². The van der Waals surface area contributed by atoms with E-state index in [1.54, 1.807) is 42.5 Å². The van der Waals surface area contributed by atoms with E-state index in [9.17, 15) is 9.59 Å². The first kappa shape index (κ1) is 12.7. The van der Waals surface area contributed by atoms with Crippen molar-refractivity contribution in [2.75, 3.05) is 5.32 Å². The molecule has 1 amide bonds. The van der Waals surface area contributed by atoms with E-state index in [4.69, 9.17) is 4.42 Å². The molecule has 0 fully saturated rings. The van der Waals surface area contributed by atoms with Crippen molar-refractivity contribution in [1.29, 1.82) is 0 Å². The molecule has 0 unspecified atom stereocenters. The quantitative estimate of drug-likeness (QED) is 0.742. The predicted octanol–water partition coefficient (Wildman–Crippen LogP) is 3.44. The zero-order valence-electron chi connectivity index (χ0n) is 10.2. The number of carbonyl (C=O) groups excluding carboxylic acids is 1. The second-order valence-corrected chi connectivity index (χ2v) is 5.03. The van der Waals surface area contributed by atoms with Crippen molar-refractivity contribution in [1.82, 2.24) is 4.57 Å². The number of rotatable bonds is 1. The number of para-hydroxylation sites is 1. The van der Waals surface area contributed by atoms with E-state index < -0.39 is 11.8 Å². The van der Waals surface area contributed by atoms with Crippen LogP contribution in [0.1, 0.15) is 0 Å². The van der Waals surface area contributed by atoms with E-state index in [0.29, 0.717) is 16.8 Å². The number of hydrogen-bond donors (Lipinski definition) is 1. The minimum Gasteiger partial charge on any atom is -0.407 e. The lowest BCUT2D eigenvalue weighted by molar-refractivity contribution is 0.252. The molecule has 6 heteroatoms. The summed E-state index contributed by atoms with van der Waals surface area (Å²) in [6.07, 6.45) is 0. The Morgan fingerprint density at radius 1 is 1.15 bits per heavy atom. The van der Waals surface area contributed by atoms with Gasteiger partial charge < -0.3 is 9.73 Å². The van der Waals surface area contributed by atoms with E-state index in [1.807, 2.05) is 6.07 Å². The number of anilines is 1. The van der Waals surface area contributed by atoms with Crippen LogP contribution in [0.5, 0.6) is 0 Å². The topological polar surface area (TPSA) is 64.2 Å². The van der Waals surface area contributed by atoms with Crippen LogP contribution in [0.25, 0.3) is 11.1 Å². The highest BCUT2D eigenvalue weighted by atomic mass is 79.9. The lowest BCUT2D eigenvalue weighted by atomic mass is 10.3. The molecule has 0 aliphatic rings. The van der Waals surface area contributed by atoms with Crippen LogP contribution in [0.2, 0.25) is 0 Å². The van der Waals surface area contributed by atoms with Crippen LogP contribution in [0.3, 0.4) is 0 Å². The number of aromatic nitrogens is 1. The molecule has 0 saturated heterocycles. The number of benzene rings is 2. The molecule has 2 aromatic carbocycles. The molecule has 3 aromatic rings. The van der Waals surface area contributed by atoms with Crippen molar-refractivity contribution >= 4 is 38.7 Å². The van der Waals surface area contributed by atoms with Crippen molar-refractivity contribution in [3.63, 3.8) is 0 Å². The van der Waals surface area contributed by atoms with Crippen LogP contribution in [0.15, 0.2) is 62.2 Å². The van der Waals surface area contributed by atoms with Gasteiger partial charge in [-0.2, -0.15) is 4.57 Å². The van der Waals surface area contributed by atoms with Gasteiger partial charge in [-0.25, -0.2) is 9.59 Å². The number of oxazole rings is 1. The zero-order chi connectivity index (χ0) is 14.1. The third-order valence-corrected chi connectivity index (χ3v) is 3.26. The number of carbonyl (C=O) groups is 1. The molecule has 5 nitrogen and oxygen atoms in total. The van der Waals surface area contributed by atoms with Crippen LogP contribution >= 0.6 is 15.9 Å². The van der Waals surface area contributed by atoms with Crippen LogP contribution in [0.4, 0.5) is 10.5 Å². The van der Waals surface area contributed by atoms with E-state index in [2.05, 4.69) is 21.2 Å². The fourth-order valence-corrected chi connectivity index (χ4v) is 2.23. The number of halogens is 1. The molecule has 0 saturated carbocycles. The molecule has 1 heterocycles. The lowest BCUT2D eigenvalue weighted by Crippen LogP contribution is -2.27. The van der Waals surface area contributed by atoms with Crippen LogP contribution in [0, 0.1) is 0 Å². The van der Waals surface area contributed by atoms with Gasteiger partial charge in [-0.1, -0.05) is 34.1 Å². The highest BCUT2D eigenvalue weighted by Crippen LogP contribution is 2.19. The zero-order valence-corrected chi connectivity index (χ0v) is 11.8. The van der Waals surface area contributed by atoms with Gasteiger partial charge in [0.15, 0.2) is 5.58 Å². The number of nitrogens with zero attached hydrogens (tertiary/aromatic N) is 1. The van der Waals surface area contributed by atoms with Crippen LogP contribution in [-0.4, -0.2) is 10.6 Å². The fourth-order valence-electron chi connectivity index (χ4n) is 1.89. The van der Waals surface area contributed by atoms with Crippen molar-refractivity contribution < 1.29 is 9.21 Å². The lowest BCUT2D eigenvalue weighted by Gasteiger charge is -2.04. The van der Waals surface area contributed by atoms with Crippen molar-refractivity contribution in [3.8, 4) is 0 Å². The average Bonchev–Trinajstić information content (AvgIpc) is 2.74. The third kappa shape index (κ3) is 2.25. The molecule has 0 bridgehead atoms. The molecule has 20 heavy (non-hydrogen) atoms. The summed E-state index contributed by atoms with van der Waals surface area (Å²) in [4.78, 5) is 24.0. The number of nitrogens with one attached hydrogen (secondary N) is 1. The summed E-state index contributed by atoms with van der Waals surface area (Å²) in [5.74, 6) is -0.716. The SMILES string of the molecule is O=C(Nc1ccccc1)n1c(=O)oc2cc(Br)ccc21. The van der Waals surface area contributed by atoms with Crippen molar-refractivity contribution in [3.05, 3.63) is 63.6 Å². The van der Waals surface area contributed by atoms with Gasteiger partial charge in [-0.3, -0.25) is 0 Å². The molecule has 0 aliphatic heterocycles. The van der Waals surface area contributed by atoms with Gasteiger partial charge in [-0.15, -0.1) is 0 Å². The predicted molar refractivity (Wildman–Crippen MR) is 79.0 cm³/mol. The first-order chi connectivity index (χ1) is 9.65. The number of amides is 1. The Kier molecular flexibility index (Phi) is 3.15. The Labute approximate surface area is 121 Å². The molecule has 1 aromatic heterocycles. The molecular weight excluding hydrogens is 324 g/mol. The van der Waals surface area contributed by atoms with Crippen molar-refractivity contribution in [2.45, 2.75) is 0 Å². The van der Waals surface area contributed by atoms with Gasteiger partial charge in [0.2, 0.25) is 0 Å². The summed E-state index contributed by atoms with van der Waals surface area (Å²) in [6.45, 7) is 0. The van der Waals surface area contributed by atoms with Crippen molar-refractivity contribution in [2.24, 2.45) is 0 Å². The van der Waals surface area contributed by atoms with Gasteiger partial charge in [0.05, 0.1) is 5.52 Å². The molecule has 0 radical (unpaired) electrons. The van der Waals surface area contributed by atoms with Gasteiger partial charge in [0.25, 0.3) is 0 Å². The monoisotopic (exact) mass is 332 g/mol. The summed E-state index contributed by atoms with van der Waals surface area (Å²) in [6, 6.07) is 13.4. The summed E-state index contributed by atoms with van der Waals surface area (Å²) in [7, 11) is 0. The van der Waals surface area contributed by atoms with Crippen LogP contribution < -0.4 is 11.1 Å². The summed E-state index contributed by atoms with van der Waals surface area (Å²) < 4.78 is 6.79. The minimum absolute atomic E-state index is 0.354. The second kappa shape index (κ2) is 4.97. The first-order valence-corrected chi connectivity index (χ1v) is 6.62. The smallest absolute Gasteiger partial charge is 0.407 e. The normalized spacial score (nSPS) is 10.7. The van der Waals surface area contributed by atoms with E-state index in [0.717, 1.165) is 9.04 Å². The van der Waals surface area contributed by atoms with Gasteiger partial charge in [0, 0.05) is 10.2 Å². The Bertz CT molecular complexity index is 836. The summed E-state index contributed by atoms with van der Waals surface area (Å²) in [5, 5.41) is 2.64. The van der Waals surface area contributed by atoms with Gasteiger partial charge >= 0.3 is 11.8 Å². The van der Waals surface area contributed by atoms with E-state index in [1.165, 1.54) is 0 Å². The standard InChI is InChI=1S/C14H9BrN2O3/c15-9-6-7-11-12(8-9)20-14(19)17(11)13(18)16-10-4-2-1-3-5-10/h1-8H,(H,16,18). The largest absolute Gasteiger partial charge is 0.428 e. The maximum atomic E-state index is 12.2. The Balaban J connectivity index is 2.04. The Morgan fingerprint density at radius 3 is 2.65 bits per heavy atom. The highest BCUT2D eigenvalue weighted by Gasteiger charge is 2.16. The minimum atomic E-state index is -0.716. The average molecular weight is 333 g/mol. The Hall–Kier alpha value is -2.34. The third-order valence-electron chi connectivity index (χ3n) is 2.77. The maximum Gasteiger partial charge on any atom is 0.428 e. The molecule has 0 aliphatic carbocycles. The summed E-state index contributed by atoms with van der Waals surface area (Å²) >= 11 is 3.29. The molecular formula is C14H9BrN2O3. The Morgan fingerprint density at radius 2 is 1.90 bits per heavy atom. The van der Waals surface area contributed by atoms with E-state index in [-0.39, 0.29) is 0 Å². The highest BCUT2D eigenvalue weighted by molar-refractivity contribution is 9.10.